The van der Waals surface area contributed by atoms with Gasteiger partial charge in [-0.05, 0) is 29.8 Å². The number of rotatable bonds is 5. The Morgan fingerprint density at radius 3 is 2.86 bits per heavy atom. The lowest BCUT2D eigenvalue weighted by atomic mass is 10.2. The van der Waals surface area contributed by atoms with Crippen molar-refractivity contribution in [1.82, 2.24) is 4.57 Å². The van der Waals surface area contributed by atoms with Crippen molar-refractivity contribution in [2.75, 3.05) is 12.9 Å². The summed E-state index contributed by atoms with van der Waals surface area (Å²) < 4.78 is 8.67. The predicted octanol–water partition coefficient (Wildman–Crippen LogP) is 4.01. The number of aryl methyl sites for hydroxylation is 1. The smallest absolute Gasteiger partial charge is 0.190 e. The van der Waals surface area contributed by atoms with E-state index in [0.717, 1.165) is 28.3 Å². The summed E-state index contributed by atoms with van der Waals surface area (Å²) in [5.74, 6) is 0.789. The summed E-state index contributed by atoms with van der Waals surface area (Å²) in [6.45, 7) is 1.45. The third-order valence-electron chi connectivity index (χ3n) is 3.36. The highest BCUT2D eigenvalue weighted by Gasteiger charge is 2.05. The molecule has 0 radical (unpaired) electrons. The van der Waals surface area contributed by atoms with E-state index in [1.807, 2.05) is 12.1 Å². The highest BCUT2D eigenvalue weighted by atomic mass is 32.1. The zero-order chi connectivity index (χ0) is 15.4. The Balaban J connectivity index is 2.12. The first-order valence-corrected chi connectivity index (χ1v) is 8.58. The SMILES string of the molecule is COCc1cccc(N=c2sc3ccccc3n2CCS)c1. The second kappa shape index (κ2) is 7.13. The molecule has 3 aromatic rings. The maximum atomic E-state index is 5.19. The van der Waals surface area contributed by atoms with E-state index in [9.17, 15) is 0 Å². The highest BCUT2D eigenvalue weighted by molar-refractivity contribution is 7.80. The van der Waals surface area contributed by atoms with Gasteiger partial charge in [0.15, 0.2) is 4.80 Å². The first kappa shape index (κ1) is 15.3. The fraction of sp³-hybridized carbons (Fsp3) is 0.235. The number of fused-ring (bicyclic) bond motifs is 1. The summed E-state index contributed by atoms with van der Waals surface area (Å²) >= 11 is 6.08. The molecule has 0 atom stereocenters. The quantitative estimate of drug-likeness (QED) is 0.703. The average molecular weight is 330 g/mol. The fourth-order valence-corrected chi connectivity index (χ4v) is 3.69. The Hall–Kier alpha value is -1.56. The molecule has 5 heteroatoms. The summed E-state index contributed by atoms with van der Waals surface area (Å²) in [4.78, 5) is 5.84. The van der Waals surface area contributed by atoms with Crippen LogP contribution in [0.3, 0.4) is 0 Å². The van der Waals surface area contributed by atoms with E-state index in [4.69, 9.17) is 9.73 Å². The fourth-order valence-electron chi connectivity index (χ4n) is 2.42. The van der Waals surface area contributed by atoms with Gasteiger partial charge in [-0.25, -0.2) is 4.99 Å². The van der Waals surface area contributed by atoms with Gasteiger partial charge in [-0.3, -0.25) is 0 Å². The molecule has 3 rings (SSSR count). The van der Waals surface area contributed by atoms with E-state index < -0.39 is 0 Å². The second-order valence-corrected chi connectivity index (χ2v) is 6.40. The Kier molecular flexibility index (Phi) is 4.97. The number of ether oxygens (including phenoxy) is 1. The Bertz CT molecular complexity index is 836. The molecule has 1 heterocycles. The molecule has 0 N–H and O–H groups in total. The summed E-state index contributed by atoms with van der Waals surface area (Å²) in [7, 11) is 1.70. The Morgan fingerprint density at radius 1 is 1.18 bits per heavy atom. The van der Waals surface area contributed by atoms with Crippen LogP contribution in [0.25, 0.3) is 10.2 Å². The molecule has 0 unspecified atom stereocenters. The van der Waals surface area contributed by atoms with Crippen molar-refractivity contribution < 1.29 is 4.74 Å². The van der Waals surface area contributed by atoms with Gasteiger partial charge in [-0.2, -0.15) is 12.6 Å². The molecule has 0 bridgehead atoms. The molecule has 0 aliphatic heterocycles. The van der Waals surface area contributed by atoms with Crippen molar-refractivity contribution in [1.29, 1.82) is 0 Å². The lowest BCUT2D eigenvalue weighted by Crippen LogP contribution is -2.15. The molecule has 0 saturated carbocycles. The molecular weight excluding hydrogens is 312 g/mol. The standard InChI is InChI=1S/C17H18N2OS2/c1-20-12-13-5-4-6-14(11-13)18-17-19(9-10-21)15-7-2-3-8-16(15)22-17/h2-8,11,21H,9-10,12H2,1H3. The number of thiol groups is 1. The molecule has 3 nitrogen and oxygen atoms in total. The van der Waals surface area contributed by atoms with Crippen LogP contribution in [0.5, 0.6) is 0 Å². The number of methoxy groups -OCH3 is 1. The van der Waals surface area contributed by atoms with Crippen LogP contribution in [0.1, 0.15) is 5.56 Å². The minimum atomic E-state index is 0.604. The molecule has 1 aromatic heterocycles. The summed E-state index contributed by atoms with van der Waals surface area (Å²) in [6, 6.07) is 16.6. The van der Waals surface area contributed by atoms with Crippen molar-refractivity contribution in [3.05, 3.63) is 58.9 Å². The Labute approximate surface area is 139 Å². The van der Waals surface area contributed by atoms with Crippen LogP contribution in [-0.2, 0) is 17.9 Å². The van der Waals surface area contributed by atoms with Gasteiger partial charge >= 0.3 is 0 Å². The van der Waals surface area contributed by atoms with Crippen LogP contribution in [0, 0.1) is 0 Å². The maximum Gasteiger partial charge on any atom is 0.190 e. The molecule has 0 saturated heterocycles. The van der Waals surface area contributed by atoms with Gasteiger partial charge in [-0.1, -0.05) is 35.6 Å². The number of hydrogen-bond donors (Lipinski definition) is 1. The lowest BCUT2D eigenvalue weighted by Gasteiger charge is -2.03. The summed E-state index contributed by atoms with van der Waals surface area (Å²) in [6.07, 6.45) is 0. The highest BCUT2D eigenvalue weighted by Crippen LogP contribution is 2.19. The number of nitrogens with zero attached hydrogens (tertiary/aromatic N) is 2. The topological polar surface area (TPSA) is 26.5 Å². The van der Waals surface area contributed by atoms with Gasteiger partial charge in [0.2, 0.25) is 0 Å². The third kappa shape index (κ3) is 3.27. The van der Waals surface area contributed by atoms with Crippen LogP contribution >= 0.6 is 24.0 Å². The lowest BCUT2D eigenvalue weighted by molar-refractivity contribution is 0.185. The average Bonchev–Trinajstić information content (AvgIpc) is 2.86. The van der Waals surface area contributed by atoms with E-state index in [2.05, 4.69) is 53.6 Å². The predicted molar refractivity (Wildman–Crippen MR) is 96.0 cm³/mol. The van der Waals surface area contributed by atoms with Crippen molar-refractivity contribution in [2.45, 2.75) is 13.2 Å². The van der Waals surface area contributed by atoms with Crippen LogP contribution < -0.4 is 4.80 Å². The first-order chi connectivity index (χ1) is 10.8. The van der Waals surface area contributed by atoms with Crippen LogP contribution in [-0.4, -0.2) is 17.4 Å². The largest absolute Gasteiger partial charge is 0.380 e. The molecule has 0 aliphatic carbocycles. The monoisotopic (exact) mass is 330 g/mol. The number of para-hydroxylation sites is 1. The van der Waals surface area contributed by atoms with Crippen molar-refractivity contribution in [2.24, 2.45) is 4.99 Å². The summed E-state index contributed by atoms with van der Waals surface area (Å²) in [5.41, 5.74) is 3.30. The van der Waals surface area contributed by atoms with Crippen LogP contribution in [0.4, 0.5) is 5.69 Å². The number of hydrogen-bond acceptors (Lipinski definition) is 4. The van der Waals surface area contributed by atoms with Gasteiger partial charge in [0, 0.05) is 19.4 Å². The number of benzene rings is 2. The maximum absolute atomic E-state index is 5.19. The van der Waals surface area contributed by atoms with Gasteiger partial charge in [0.05, 0.1) is 22.5 Å². The Morgan fingerprint density at radius 2 is 2.05 bits per heavy atom. The zero-order valence-electron chi connectivity index (χ0n) is 12.4. The van der Waals surface area contributed by atoms with Crippen LogP contribution in [0.2, 0.25) is 0 Å². The van der Waals surface area contributed by atoms with E-state index in [0.29, 0.717) is 6.61 Å². The molecular formula is C17H18N2OS2. The molecule has 0 spiro atoms. The molecule has 114 valence electrons. The van der Waals surface area contributed by atoms with Crippen LogP contribution in [0.15, 0.2) is 53.5 Å². The van der Waals surface area contributed by atoms with Gasteiger partial charge in [0.25, 0.3) is 0 Å². The van der Waals surface area contributed by atoms with E-state index in [1.54, 1.807) is 18.4 Å². The molecule has 22 heavy (non-hydrogen) atoms. The first-order valence-electron chi connectivity index (χ1n) is 7.13. The second-order valence-electron chi connectivity index (χ2n) is 4.94. The van der Waals surface area contributed by atoms with Crippen molar-refractivity contribution in [3.8, 4) is 0 Å². The minimum Gasteiger partial charge on any atom is -0.380 e. The summed E-state index contributed by atoms with van der Waals surface area (Å²) in [5, 5.41) is 0. The normalized spacial score (nSPS) is 12.2. The van der Waals surface area contributed by atoms with Gasteiger partial charge in [-0.15, -0.1) is 0 Å². The minimum absolute atomic E-state index is 0.604. The molecule has 0 fully saturated rings. The van der Waals surface area contributed by atoms with Gasteiger partial charge in [0.1, 0.15) is 0 Å². The molecule has 0 aliphatic rings. The molecule has 2 aromatic carbocycles. The zero-order valence-corrected chi connectivity index (χ0v) is 14.1. The van der Waals surface area contributed by atoms with E-state index in [1.165, 1.54) is 10.2 Å². The third-order valence-corrected chi connectivity index (χ3v) is 4.62. The van der Waals surface area contributed by atoms with Crippen molar-refractivity contribution in [3.63, 3.8) is 0 Å². The van der Waals surface area contributed by atoms with Gasteiger partial charge < -0.3 is 9.30 Å². The van der Waals surface area contributed by atoms with E-state index >= 15 is 0 Å². The van der Waals surface area contributed by atoms with Crippen molar-refractivity contribution >= 4 is 39.9 Å². The molecule has 0 amide bonds. The number of thiazole rings is 1. The van der Waals surface area contributed by atoms with E-state index in [-0.39, 0.29) is 0 Å². The number of aromatic nitrogens is 1.